The molecule has 0 spiro atoms. The van der Waals surface area contributed by atoms with Crippen LogP contribution in [0, 0.1) is 11.6 Å². The SMILES string of the molecule is OCCc1ccc2c(n1)-c1sc(-c3ncnn3-c3ccc(F)cc3F)cc1CCO2. The summed E-state index contributed by atoms with van der Waals surface area (Å²) < 4.78 is 34.9. The van der Waals surface area contributed by atoms with Crippen LogP contribution in [0.1, 0.15) is 11.3 Å². The summed E-state index contributed by atoms with van der Waals surface area (Å²) in [5.74, 6) is -0.210. The van der Waals surface area contributed by atoms with Gasteiger partial charge in [-0.1, -0.05) is 0 Å². The highest BCUT2D eigenvalue weighted by Crippen LogP contribution is 2.42. The molecule has 3 aromatic heterocycles. The van der Waals surface area contributed by atoms with Crippen LogP contribution in [-0.4, -0.2) is 38.1 Å². The Morgan fingerprint density at radius 2 is 2.07 bits per heavy atom. The van der Waals surface area contributed by atoms with Gasteiger partial charge in [-0.25, -0.2) is 23.4 Å². The molecule has 9 heteroatoms. The first-order chi connectivity index (χ1) is 14.6. The molecular formula is C21H16F2N4O2S. The molecule has 4 aromatic rings. The lowest BCUT2D eigenvalue weighted by molar-refractivity contribution is 0.297. The molecule has 5 rings (SSSR count). The van der Waals surface area contributed by atoms with Gasteiger partial charge in [-0.05, 0) is 35.9 Å². The molecule has 4 heterocycles. The molecule has 0 saturated heterocycles. The van der Waals surface area contributed by atoms with Crippen molar-refractivity contribution in [2.24, 2.45) is 0 Å². The number of aliphatic hydroxyl groups excluding tert-OH is 1. The largest absolute Gasteiger partial charge is 0.491 e. The normalized spacial score (nSPS) is 12.8. The summed E-state index contributed by atoms with van der Waals surface area (Å²) in [5, 5.41) is 13.4. The van der Waals surface area contributed by atoms with E-state index in [2.05, 4.69) is 15.1 Å². The summed E-state index contributed by atoms with van der Waals surface area (Å²) in [4.78, 5) is 10.7. The van der Waals surface area contributed by atoms with Crippen molar-refractivity contribution in [1.82, 2.24) is 19.7 Å². The lowest BCUT2D eigenvalue weighted by Gasteiger charge is -2.08. The standard InChI is InChI=1S/C21H16F2N4O2S/c22-13-1-3-16(15(23)10-13)27-21(24-11-25-27)18-9-12-6-8-29-17-4-2-14(5-7-28)26-19(17)20(12)30-18/h1-4,9-11,28H,5-8H2. The van der Waals surface area contributed by atoms with Gasteiger partial charge >= 0.3 is 0 Å². The van der Waals surface area contributed by atoms with E-state index in [1.54, 1.807) is 0 Å². The molecule has 0 radical (unpaired) electrons. The molecule has 0 aliphatic carbocycles. The van der Waals surface area contributed by atoms with Crippen LogP contribution in [0.25, 0.3) is 27.0 Å². The van der Waals surface area contributed by atoms with Gasteiger partial charge in [0.05, 0.1) is 16.4 Å². The highest BCUT2D eigenvalue weighted by atomic mass is 32.1. The molecule has 152 valence electrons. The Labute approximate surface area is 174 Å². The van der Waals surface area contributed by atoms with Gasteiger partial charge < -0.3 is 9.84 Å². The molecule has 1 N–H and O–H groups in total. The molecule has 30 heavy (non-hydrogen) atoms. The van der Waals surface area contributed by atoms with Crippen molar-refractivity contribution in [2.75, 3.05) is 13.2 Å². The number of nitrogens with zero attached hydrogens (tertiary/aromatic N) is 4. The zero-order valence-corrected chi connectivity index (χ0v) is 16.5. The minimum atomic E-state index is -0.714. The number of halogens is 2. The lowest BCUT2D eigenvalue weighted by atomic mass is 10.1. The van der Waals surface area contributed by atoms with E-state index in [0.29, 0.717) is 31.0 Å². The third-order valence-corrected chi connectivity index (χ3v) is 6.02. The Kier molecular flexibility index (Phi) is 4.76. The number of fused-ring (bicyclic) bond motifs is 3. The number of hydrogen-bond acceptors (Lipinski definition) is 6. The number of thiophene rings is 1. The highest BCUT2D eigenvalue weighted by molar-refractivity contribution is 7.19. The first-order valence-electron chi connectivity index (χ1n) is 9.36. The van der Waals surface area contributed by atoms with Crippen LogP contribution in [0.5, 0.6) is 5.75 Å². The summed E-state index contributed by atoms with van der Waals surface area (Å²) >= 11 is 1.47. The molecule has 1 aliphatic rings. The monoisotopic (exact) mass is 426 g/mol. The van der Waals surface area contributed by atoms with Gasteiger partial charge in [-0.3, -0.25) is 0 Å². The van der Waals surface area contributed by atoms with Gasteiger partial charge in [0.1, 0.15) is 29.3 Å². The van der Waals surface area contributed by atoms with Gasteiger partial charge in [-0.2, -0.15) is 5.10 Å². The summed E-state index contributed by atoms with van der Waals surface area (Å²) in [6.45, 7) is 0.526. The Bertz CT molecular complexity index is 1240. The van der Waals surface area contributed by atoms with Crippen molar-refractivity contribution in [3.05, 3.63) is 65.6 Å². The van der Waals surface area contributed by atoms with Crippen LogP contribution < -0.4 is 4.74 Å². The maximum Gasteiger partial charge on any atom is 0.173 e. The van der Waals surface area contributed by atoms with Crippen molar-refractivity contribution in [1.29, 1.82) is 0 Å². The number of benzene rings is 1. The van der Waals surface area contributed by atoms with E-state index < -0.39 is 11.6 Å². The van der Waals surface area contributed by atoms with E-state index >= 15 is 0 Å². The Morgan fingerprint density at radius 3 is 2.90 bits per heavy atom. The second kappa shape index (κ2) is 7.58. The van der Waals surface area contributed by atoms with Gasteiger partial charge in [0.25, 0.3) is 0 Å². The average molecular weight is 426 g/mol. The molecule has 0 bridgehead atoms. The van der Waals surface area contributed by atoms with Crippen LogP contribution in [0.4, 0.5) is 8.78 Å². The van der Waals surface area contributed by atoms with E-state index in [1.165, 1.54) is 34.5 Å². The Balaban J connectivity index is 1.62. The van der Waals surface area contributed by atoms with Crippen LogP contribution in [-0.2, 0) is 12.8 Å². The van der Waals surface area contributed by atoms with Gasteiger partial charge in [0.2, 0.25) is 0 Å². The predicted molar refractivity (Wildman–Crippen MR) is 108 cm³/mol. The van der Waals surface area contributed by atoms with E-state index in [4.69, 9.17) is 4.74 Å². The summed E-state index contributed by atoms with van der Waals surface area (Å²) in [6, 6.07) is 9.06. The Morgan fingerprint density at radius 1 is 1.17 bits per heavy atom. The van der Waals surface area contributed by atoms with Crippen molar-refractivity contribution in [2.45, 2.75) is 12.8 Å². The molecular weight excluding hydrogens is 410 g/mol. The quantitative estimate of drug-likeness (QED) is 0.537. The predicted octanol–water partition coefficient (Wildman–Crippen LogP) is 3.81. The number of aromatic nitrogens is 4. The first kappa shape index (κ1) is 18.8. The zero-order valence-electron chi connectivity index (χ0n) is 15.7. The molecule has 0 saturated carbocycles. The average Bonchev–Trinajstić information content (AvgIpc) is 3.33. The third kappa shape index (κ3) is 3.25. The smallest absolute Gasteiger partial charge is 0.173 e. The van der Waals surface area contributed by atoms with Gasteiger partial charge in [0, 0.05) is 31.2 Å². The molecule has 0 unspecified atom stereocenters. The lowest BCUT2D eigenvalue weighted by Crippen LogP contribution is -2.02. The number of rotatable bonds is 4. The summed E-state index contributed by atoms with van der Waals surface area (Å²) in [7, 11) is 0. The second-order valence-corrected chi connectivity index (χ2v) is 7.83. The third-order valence-electron chi connectivity index (χ3n) is 4.84. The van der Waals surface area contributed by atoms with Crippen molar-refractivity contribution in [3.63, 3.8) is 0 Å². The molecule has 1 aliphatic heterocycles. The number of ether oxygens (including phenoxy) is 1. The highest BCUT2D eigenvalue weighted by Gasteiger charge is 2.23. The number of aliphatic hydroxyl groups is 1. The molecule has 0 atom stereocenters. The van der Waals surface area contributed by atoms with Crippen LogP contribution in [0.15, 0.2) is 42.7 Å². The van der Waals surface area contributed by atoms with Crippen LogP contribution in [0.3, 0.4) is 0 Å². The number of hydrogen-bond donors (Lipinski definition) is 1. The van der Waals surface area contributed by atoms with Crippen LogP contribution >= 0.6 is 11.3 Å². The minimum absolute atomic E-state index is 0.0154. The fraction of sp³-hybridized carbons (Fsp3) is 0.190. The van der Waals surface area contributed by atoms with Gasteiger partial charge in [-0.15, -0.1) is 11.3 Å². The van der Waals surface area contributed by atoms with Crippen molar-refractivity contribution < 1.29 is 18.6 Å². The first-order valence-corrected chi connectivity index (χ1v) is 10.2. The Hall–Kier alpha value is -3.17. The second-order valence-electron chi connectivity index (χ2n) is 6.78. The van der Waals surface area contributed by atoms with E-state index in [-0.39, 0.29) is 12.3 Å². The van der Waals surface area contributed by atoms with E-state index in [9.17, 15) is 13.9 Å². The fourth-order valence-corrected chi connectivity index (χ4v) is 4.64. The van der Waals surface area contributed by atoms with Gasteiger partial charge in [0.15, 0.2) is 11.6 Å². The van der Waals surface area contributed by atoms with E-state index in [0.717, 1.165) is 32.8 Å². The summed E-state index contributed by atoms with van der Waals surface area (Å²) in [5.41, 5.74) is 2.68. The number of pyridine rings is 1. The van der Waals surface area contributed by atoms with Crippen molar-refractivity contribution in [3.8, 4) is 32.7 Å². The zero-order chi connectivity index (χ0) is 20.7. The van der Waals surface area contributed by atoms with Crippen LogP contribution in [0.2, 0.25) is 0 Å². The maximum absolute atomic E-state index is 14.3. The minimum Gasteiger partial charge on any atom is -0.491 e. The fourth-order valence-electron chi connectivity index (χ4n) is 3.45. The topological polar surface area (TPSA) is 73.1 Å². The molecule has 6 nitrogen and oxygen atoms in total. The summed E-state index contributed by atoms with van der Waals surface area (Å²) in [6.07, 6.45) is 2.49. The van der Waals surface area contributed by atoms with E-state index in [1.807, 2.05) is 18.2 Å². The molecule has 1 aromatic carbocycles. The van der Waals surface area contributed by atoms with Crippen molar-refractivity contribution >= 4 is 11.3 Å². The molecule has 0 fully saturated rings. The molecule has 0 amide bonds. The maximum atomic E-state index is 14.3.